The zero-order valence-electron chi connectivity index (χ0n) is 15.9. The molecule has 0 atom stereocenters. The summed E-state index contributed by atoms with van der Waals surface area (Å²) in [5.41, 5.74) is 8.24. The highest BCUT2D eigenvalue weighted by Gasteiger charge is 2.18. The van der Waals surface area contributed by atoms with E-state index in [9.17, 15) is 14.0 Å². The van der Waals surface area contributed by atoms with Crippen LogP contribution in [0.15, 0.2) is 30.3 Å². The van der Waals surface area contributed by atoms with E-state index in [4.69, 9.17) is 17.3 Å². The van der Waals surface area contributed by atoms with Crippen molar-refractivity contribution in [1.82, 2.24) is 9.78 Å². The van der Waals surface area contributed by atoms with Crippen LogP contribution in [0.2, 0.25) is 5.15 Å². The van der Waals surface area contributed by atoms with Crippen molar-refractivity contribution in [3.8, 4) is 5.69 Å². The summed E-state index contributed by atoms with van der Waals surface area (Å²) in [6.07, 6.45) is 2.84. The Kier molecular flexibility index (Phi) is 5.86. The first-order valence-corrected chi connectivity index (χ1v) is 9.78. The number of anilines is 1. The third-order valence-electron chi connectivity index (χ3n) is 4.39. The number of rotatable bonds is 5. The molecule has 2 heterocycles. The van der Waals surface area contributed by atoms with Gasteiger partial charge >= 0.3 is 0 Å². The molecule has 0 radical (unpaired) electrons. The standard InChI is InChI=1S/C20H18ClFN4O2S/c1-10-12(3)29-20(17(10)19(23)28)24-16(27)9-8-15-11(2)25-26(18(15)21)14-6-4-13(22)5-7-14/h4-9H,1-3H3,(H2,23,28)(H,24,27)/b9-8+. The summed E-state index contributed by atoms with van der Waals surface area (Å²) in [5.74, 6) is -1.38. The lowest BCUT2D eigenvalue weighted by atomic mass is 10.1. The number of amides is 2. The maximum atomic E-state index is 13.1. The van der Waals surface area contributed by atoms with E-state index >= 15 is 0 Å². The van der Waals surface area contributed by atoms with Crippen LogP contribution in [0.1, 0.15) is 32.1 Å². The van der Waals surface area contributed by atoms with Gasteiger partial charge in [0.05, 0.1) is 16.9 Å². The molecule has 0 spiro atoms. The number of aromatic nitrogens is 2. The second-order valence-electron chi connectivity index (χ2n) is 6.35. The quantitative estimate of drug-likeness (QED) is 0.585. The second kappa shape index (κ2) is 8.18. The molecular formula is C20H18ClFN4O2S. The van der Waals surface area contributed by atoms with E-state index in [1.54, 1.807) is 26.0 Å². The maximum absolute atomic E-state index is 13.1. The lowest BCUT2D eigenvalue weighted by molar-refractivity contribution is -0.111. The van der Waals surface area contributed by atoms with E-state index in [1.165, 1.54) is 40.3 Å². The van der Waals surface area contributed by atoms with Crippen molar-refractivity contribution >= 4 is 45.8 Å². The minimum absolute atomic E-state index is 0.291. The van der Waals surface area contributed by atoms with Gasteiger partial charge in [-0.25, -0.2) is 9.07 Å². The van der Waals surface area contributed by atoms with E-state index in [0.29, 0.717) is 32.7 Å². The smallest absolute Gasteiger partial charge is 0.251 e. The van der Waals surface area contributed by atoms with Crippen molar-refractivity contribution in [2.75, 3.05) is 5.32 Å². The lowest BCUT2D eigenvalue weighted by Gasteiger charge is -2.03. The van der Waals surface area contributed by atoms with Crippen LogP contribution in [0, 0.1) is 26.6 Å². The fraction of sp³-hybridized carbons (Fsp3) is 0.150. The average molecular weight is 433 g/mol. The zero-order chi connectivity index (χ0) is 21.3. The fourth-order valence-electron chi connectivity index (χ4n) is 2.78. The number of nitrogens with zero attached hydrogens (tertiary/aromatic N) is 2. The number of nitrogens with two attached hydrogens (primary N) is 1. The lowest BCUT2D eigenvalue weighted by Crippen LogP contribution is -2.16. The molecule has 9 heteroatoms. The molecule has 0 aliphatic rings. The van der Waals surface area contributed by atoms with Crippen molar-refractivity contribution < 1.29 is 14.0 Å². The highest BCUT2D eigenvalue weighted by molar-refractivity contribution is 7.16. The highest BCUT2D eigenvalue weighted by atomic mass is 35.5. The number of halogens is 2. The molecule has 0 unspecified atom stereocenters. The number of primary amides is 1. The summed E-state index contributed by atoms with van der Waals surface area (Å²) in [7, 11) is 0. The van der Waals surface area contributed by atoms with Gasteiger partial charge in [-0.15, -0.1) is 11.3 Å². The number of aryl methyl sites for hydroxylation is 2. The first-order chi connectivity index (χ1) is 13.7. The molecule has 0 aliphatic carbocycles. The van der Waals surface area contributed by atoms with Crippen LogP contribution < -0.4 is 11.1 Å². The molecule has 2 amide bonds. The number of carbonyl (C=O) groups excluding carboxylic acids is 2. The van der Waals surface area contributed by atoms with Crippen LogP contribution in [0.3, 0.4) is 0 Å². The van der Waals surface area contributed by atoms with Crippen LogP contribution in [0.4, 0.5) is 9.39 Å². The summed E-state index contributed by atoms with van der Waals surface area (Å²) in [6, 6.07) is 5.74. The van der Waals surface area contributed by atoms with Crippen molar-refractivity contribution in [3.05, 3.63) is 68.6 Å². The van der Waals surface area contributed by atoms with Crippen molar-refractivity contribution in [1.29, 1.82) is 0 Å². The molecular weight excluding hydrogens is 415 g/mol. The third kappa shape index (κ3) is 4.23. The van der Waals surface area contributed by atoms with E-state index in [-0.39, 0.29) is 5.82 Å². The maximum Gasteiger partial charge on any atom is 0.251 e. The van der Waals surface area contributed by atoms with Crippen molar-refractivity contribution in [2.45, 2.75) is 20.8 Å². The van der Waals surface area contributed by atoms with Crippen molar-refractivity contribution in [2.24, 2.45) is 5.73 Å². The topological polar surface area (TPSA) is 90.0 Å². The normalized spacial score (nSPS) is 11.2. The second-order valence-corrected chi connectivity index (χ2v) is 7.94. The van der Waals surface area contributed by atoms with E-state index in [2.05, 4.69) is 10.4 Å². The highest BCUT2D eigenvalue weighted by Crippen LogP contribution is 2.32. The molecule has 29 heavy (non-hydrogen) atoms. The first-order valence-electron chi connectivity index (χ1n) is 8.59. The van der Waals surface area contributed by atoms with Crippen LogP contribution in [-0.4, -0.2) is 21.6 Å². The minimum Gasteiger partial charge on any atom is -0.365 e. The SMILES string of the molecule is Cc1nn(-c2ccc(F)cc2)c(Cl)c1/C=C/C(=O)Nc1sc(C)c(C)c1C(N)=O. The summed E-state index contributed by atoms with van der Waals surface area (Å²) >= 11 is 7.69. The Balaban J connectivity index is 1.84. The molecule has 3 aromatic rings. The number of hydrogen-bond donors (Lipinski definition) is 2. The summed E-state index contributed by atoms with van der Waals surface area (Å²) in [6.45, 7) is 5.38. The Morgan fingerprint density at radius 3 is 2.52 bits per heavy atom. The number of thiophene rings is 1. The predicted molar refractivity (Wildman–Crippen MR) is 113 cm³/mol. The molecule has 3 N–H and O–H groups in total. The molecule has 0 saturated heterocycles. The Labute approximate surface area is 175 Å². The van der Waals surface area contributed by atoms with Gasteiger partial charge in [-0.3, -0.25) is 9.59 Å². The Bertz CT molecular complexity index is 1130. The molecule has 6 nitrogen and oxygen atoms in total. The van der Waals surface area contributed by atoms with Gasteiger partial charge in [-0.05, 0) is 56.7 Å². The summed E-state index contributed by atoms with van der Waals surface area (Å²) < 4.78 is 14.6. The number of benzene rings is 1. The molecule has 0 bridgehead atoms. The Morgan fingerprint density at radius 1 is 1.24 bits per heavy atom. The van der Waals surface area contributed by atoms with Crippen LogP contribution in [-0.2, 0) is 4.79 Å². The van der Waals surface area contributed by atoms with Gasteiger partial charge < -0.3 is 11.1 Å². The molecule has 0 aliphatic heterocycles. The molecule has 150 valence electrons. The van der Waals surface area contributed by atoms with Crippen LogP contribution in [0.5, 0.6) is 0 Å². The average Bonchev–Trinajstić information content (AvgIpc) is 3.09. The van der Waals surface area contributed by atoms with E-state index in [0.717, 1.165) is 10.4 Å². The van der Waals surface area contributed by atoms with Gasteiger partial charge in [0.25, 0.3) is 5.91 Å². The zero-order valence-corrected chi connectivity index (χ0v) is 17.5. The molecule has 1 aromatic carbocycles. The Hall–Kier alpha value is -2.97. The van der Waals surface area contributed by atoms with Gasteiger partial charge in [-0.1, -0.05) is 11.6 Å². The first kappa shape index (κ1) is 20.8. The summed E-state index contributed by atoms with van der Waals surface area (Å²) in [5, 5.41) is 7.73. The minimum atomic E-state index is -0.592. The van der Waals surface area contributed by atoms with E-state index in [1.807, 2.05) is 6.92 Å². The van der Waals surface area contributed by atoms with E-state index < -0.39 is 11.8 Å². The van der Waals surface area contributed by atoms with Gasteiger partial charge in [0.2, 0.25) is 5.91 Å². The third-order valence-corrected chi connectivity index (χ3v) is 5.88. The summed E-state index contributed by atoms with van der Waals surface area (Å²) in [4.78, 5) is 24.9. The fourth-order valence-corrected chi connectivity index (χ4v) is 4.18. The van der Waals surface area contributed by atoms with Crippen LogP contribution >= 0.6 is 22.9 Å². The van der Waals surface area contributed by atoms with Crippen LogP contribution in [0.25, 0.3) is 11.8 Å². The number of carbonyl (C=O) groups is 2. The van der Waals surface area contributed by atoms with Gasteiger partial charge in [0.1, 0.15) is 16.0 Å². The molecule has 0 saturated carbocycles. The molecule has 0 fully saturated rings. The number of nitrogens with one attached hydrogen (secondary N) is 1. The van der Waals surface area contributed by atoms with Gasteiger partial charge in [0, 0.05) is 16.5 Å². The predicted octanol–water partition coefficient (Wildman–Crippen LogP) is 4.40. The number of hydrogen-bond acceptors (Lipinski definition) is 4. The molecule has 3 rings (SSSR count). The molecule has 2 aromatic heterocycles. The Morgan fingerprint density at radius 2 is 1.90 bits per heavy atom. The van der Waals surface area contributed by atoms with Gasteiger partial charge in [-0.2, -0.15) is 5.10 Å². The largest absolute Gasteiger partial charge is 0.365 e. The monoisotopic (exact) mass is 432 g/mol. The van der Waals surface area contributed by atoms with Crippen molar-refractivity contribution in [3.63, 3.8) is 0 Å². The van der Waals surface area contributed by atoms with Gasteiger partial charge in [0.15, 0.2) is 0 Å².